The van der Waals surface area contributed by atoms with Crippen LogP contribution in [0.5, 0.6) is 5.75 Å². The molecule has 0 atom stereocenters. The van der Waals surface area contributed by atoms with E-state index in [1.165, 1.54) is 30.7 Å². The highest BCUT2D eigenvalue weighted by Crippen LogP contribution is 2.21. The van der Waals surface area contributed by atoms with Crippen molar-refractivity contribution in [3.05, 3.63) is 60.2 Å². The summed E-state index contributed by atoms with van der Waals surface area (Å²) >= 11 is 0. The summed E-state index contributed by atoms with van der Waals surface area (Å²) in [5, 5.41) is 0. The average Bonchev–Trinajstić information content (AvgIpc) is 2.65. The quantitative estimate of drug-likeness (QED) is 0.674. The van der Waals surface area contributed by atoms with Gasteiger partial charge in [-0.15, -0.1) is 0 Å². The largest absolute Gasteiger partial charge is 0.497 e. The van der Waals surface area contributed by atoms with E-state index >= 15 is 0 Å². The number of sulfonamides is 1. The molecule has 0 saturated carbocycles. The molecule has 2 rings (SSSR count). The summed E-state index contributed by atoms with van der Waals surface area (Å²) in [6, 6.07) is 15.4. The Morgan fingerprint density at radius 2 is 1.64 bits per heavy atom. The predicted octanol–water partition coefficient (Wildman–Crippen LogP) is 2.45. The van der Waals surface area contributed by atoms with Crippen LogP contribution < -0.4 is 4.74 Å². The first-order chi connectivity index (χ1) is 12.0. The van der Waals surface area contributed by atoms with E-state index in [1.54, 1.807) is 12.1 Å². The van der Waals surface area contributed by atoms with E-state index in [0.29, 0.717) is 5.75 Å². The van der Waals surface area contributed by atoms with Gasteiger partial charge in [0, 0.05) is 13.1 Å². The maximum absolute atomic E-state index is 13.0. The van der Waals surface area contributed by atoms with Crippen LogP contribution in [0.25, 0.3) is 0 Å². The van der Waals surface area contributed by atoms with Gasteiger partial charge in [0.15, 0.2) is 0 Å². The molecular formula is C18H21NO5S. The van der Waals surface area contributed by atoms with Crippen molar-refractivity contribution in [2.45, 2.75) is 17.9 Å². The highest BCUT2D eigenvalue weighted by atomic mass is 32.2. The number of carbonyl (C=O) groups is 1. The van der Waals surface area contributed by atoms with E-state index in [9.17, 15) is 13.2 Å². The molecule has 2 aromatic carbocycles. The van der Waals surface area contributed by atoms with Gasteiger partial charge in [-0.3, -0.25) is 4.79 Å². The SMILES string of the molecule is COC(=O)CCN(Cc1ccccc1)S(=O)(=O)c1ccc(OC)cc1. The summed E-state index contributed by atoms with van der Waals surface area (Å²) in [6.07, 6.45) is -0.0152. The van der Waals surface area contributed by atoms with Crippen LogP contribution in [0.4, 0.5) is 0 Å². The Labute approximate surface area is 148 Å². The van der Waals surface area contributed by atoms with E-state index in [-0.39, 0.29) is 24.4 Å². The zero-order chi connectivity index (χ0) is 18.3. The lowest BCUT2D eigenvalue weighted by Gasteiger charge is -2.22. The van der Waals surface area contributed by atoms with Crippen molar-refractivity contribution in [1.29, 1.82) is 0 Å². The molecule has 0 aliphatic carbocycles. The fourth-order valence-corrected chi connectivity index (χ4v) is 3.71. The number of ether oxygens (including phenoxy) is 2. The first-order valence-corrected chi connectivity index (χ1v) is 9.16. The lowest BCUT2D eigenvalue weighted by atomic mass is 10.2. The predicted molar refractivity (Wildman–Crippen MR) is 93.7 cm³/mol. The van der Waals surface area contributed by atoms with E-state index < -0.39 is 16.0 Å². The maximum Gasteiger partial charge on any atom is 0.306 e. The van der Waals surface area contributed by atoms with E-state index in [4.69, 9.17) is 4.74 Å². The lowest BCUT2D eigenvalue weighted by Crippen LogP contribution is -2.32. The second kappa shape index (κ2) is 8.64. The number of carbonyl (C=O) groups excluding carboxylic acids is 1. The molecule has 0 saturated heterocycles. The molecule has 0 heterocycles. The Morgan fingerprint density at radius 1 is 1.00 bits per heavy atom. The van der Waals surface area contributed by atoms with Crippen LogP contribution >= 0.6 is 0 Å². The van der Waals surface area contributed by atoms with E-state index in [2.05, 4.69) is 4.74 Å². The third-order valence-electron chi connectivity index (χ3n) is 3.69. The summed E-state index contributed by atoms with van der Waals surface area (Å²) in [5.41, 5.74) is 0.837. The molecule has 0 unspecified atom stereocenters. The van der Waals surface area contributed by atoms with Crippen LogP contribution in [0.1, 0.15) is 12.0 Å². The highest BCUT2D eigenvalue weighted by Gasteiger charge is 2.25. The van der Waals surface area contributed by atoms with Gasteiger partial charge in [0.05, 0.1) is 25.5 Å². The normalized spacial score (nSPS) is 11.3. The molecule has 0 spiro atoms. The van der Waals surface area contributed by atoms with Crippen LogP contribution in [0, 0.1) is 0 Å². The van der Waals surface area contributed by atoms with Crippen molar-refractivity contribution < 1.29 is 22.7 Å². The van der Waals surface area contributed by atoms with E-state index in [1.807, 2.05) is 30.3 Å². The number of rotatable bonds is 8. The maximum atomic E-state index is 13.0. The third kappa shape index (κ3) is 5.04. The van der Waals surface area contributed by atoms with Gasteiger partial charge in [0.2, 0.25) is 10.0 Å². The fraction of sp³-hybridized carbons (Fsp3) is 0.278. The minimum Gasteiger partial charge on any atom is -0.497 e. The monoisotopic (exact) mass is 363 g/mol. The van der Waals surface area contributed by atoms with Gasteiger partial charge in [-0.25, -0.2) is 8.42 Å². The minimum absolute atomic E-state index is 0.0152. The van der Waals surface area contributed by atoms with Gasteiger partial charge in [-0.1, -0.05) is 30.3 Å². The topological polar surface area (TPSA) is 72.9 Å². The molecule has 0 aliphatic heterocycles. The summed E-state index contributed by atoms with van der Waals surface area (Å²) in [5.74, 6) is 0.117. The van der Waals surface area contributed by atoms with Gasteiger partial charge in [0.1, 0.15) is 5.75 Å². The van der Waals surface area contributed by atoms with Gasteiger partial charge in [0.25, 0.3) is 0 Å². The molecule has 6 nitrogen and oxygen atoms in total. The van der Waals surface area contributed by atoms with Crippen LogP contribution in [0.3, 0.4) is 0 Å². The van der Waals surface area contributed by atoms with Crippen LogP contribution in [-0.2, 0) is 26.1 Å². The van der Waals surface area contributed by atoms with Crippen molar-refractivity contribution in [2.75, 3.05) is 20.8 Å². The molecule has 2 aromatic rings. The van der Waals surface area contributed by atoms with Crippen molar-refractivity contribution in [3.63, 3.8) is 0 Å². The Bertz CT molecular complexity index is 788. The number of methoxy groups -OCH3 is 2. The average molecular weight is 363 g/mol. The van der Waals surface area contributed by atoms with E-state index in [0.717, 1.165) is 5.56 Å². The zero-order valence-electron chi connectivity index (χ0n) is 14.2. The number of benzene rings is 2. The molecule has 134 valence electrons. The standard InChI is InChI=1S/C18H21NO5S/c1-23-16-8-10-17(11-9-16)25(21,22)19(13-12-18(20)24-2)14-15-6-4-3-5-7-15/h3-11H,12-14H2,1-2H3. The van der Waals surface area contributed by atoms with Crippen molar-refractivity contribution in [1.82, 2.24) is 4.31 Å². The molecule has 25 heavy (non-hydrogen) atoms. The summed E-state index contributed by atoms with van der Waals surface area (Å²) in [4.78, 5) is 11.6. The van der Waals surface area contributed by atoms with Crippen molar-refractivity contribution >= 4 is 16.0 Å². The molecule has 0 amide bonds. The van der Waals surface area contributed by atoms with Gasteiger partial charge in [-0.05, 0) is 29.8 Å². The Hall–Kier alpha value is -2.38. The minimum atomic E-state index is -3.76. The molecular weight excluding hydrogens is 342 g/mol. The van der Waals surface area contributed by atoms with Crippen molar-refractivity contribution in [2.24, 2.45) is 0 Å². The Balaban J connectivity index is 2.28. The molecule has 0 radical (unpaired) electrons. The second-order valence-corrected chi connectivity index (χ2v) is 7.26. The summed E-state index contributed by atoms with van der Waals surface area (Å²) < 4.78 is 36.9. The molecule has 0 aromatic heterocycles. The number of nitrogens with zero attached hydrogens (tertiary/aromatic N) is 1. The van der Waals surface area contributed by atoms with Gasteiger partial charge >= 0.3 is 5.97 Å². The molecule has 0 fully saturated rings. The van der Waals surface area contributed by atoms with Crippen molar-refractivity contribution in [3.8, 4) is 5.75 Å². The third-order valence-corrected chi connectivity index (χ3v) is 5.55. The highest BCUT2D eigenvalue weighted by molar-refractivity contribution is 7.89. The first kappa shape index (κ1) is 19.0. The van der Waals surface area contributed by atoms with Crippen LogP contribution in [-0.4, -0.2) is 39.5 Å². The summed E-state index contributed by atoms with van der Waals surface area (Å²) in [6.45, 7) is 0.210. The molecule has 0 bridgehead atoms. The number of esters is 1. The molecule has 0 aliphatic rings. The molecule has 7 heteroatoms. The summed E-state index contributed by atoms with van der Waals surface area (Å²) in [7, 11) is -0.963. The van der Waals surface area contributed by atoms with Crippen LogP contribution in [0.2, 0.25) is 0 Å². The van der Waals surface area contributed by atoms with Gasteiger partial charge < -0.3 is 9.47 Å². The second-order valence-electron chi connectivity index (χ2n) is 5.33. The van der Waals surface area contributed by atoms with Crippen LogP contribution in [0.15, 0.2) is 59.5 Å². The smallest absolute Gasteiger partial charge is 0.306 e. The fourth-order valence-electron chi connectivity index (χ4n) is 2.29. The number of hydrogen-bond donors (Lipinski definition) is 0. The zero-order valence-corrected chi connectivity index (χ0v) is 15.0. The lowest BCUT2D eigenvalue weighted by molar-refractivity contribution is -0.140. The van der Waals surface area contributed by atoms with Gasteiger partial charge in [-0.2, -0.15) is 4.31 Å². The number of hydrogen-bond acceptors (Lipinski definition) is 5. The molecule has 0 N–H and O–H groups in total. The Morgan fingerprint density at radius 3 is 2.20 bits per heavy atom. The first-order valence-electron chi connectivity index (χ1n) is 7.72. The Kier molecular flexibility index (Phi) is 6.55.